The third-order valence-corrected chi connectivity index (χ3v) is 3.22. The first-order valence-corrected chi connectivity index (χ1v) is 6.81. The maximum atomic E-state index is 12.0. The number of aryl methyl sites for hydroxylation is 1. The average molecular weight is 248 g/mol. The molecule has 3 nitrogen and oxygen atoms in total. The molecule has 0 saturated carbocycles. The lowest BCUT2D eigenvalue weighted by Crippen LogP contribution is -2.21. The molecule has 0 saturated heterocycles. The molecule has 0 heterocycles. The lowest BCUT2D eigenvalue weighted by Gasteiger charge is -2.13. The summed E-state index contributed by atoms with van der Waals surface area (Å²) in [6.45, 7) is 4.79. The van der Waals surface area contributed by atoms with Crippen LogP contribution in [0.4, 0.5) is 5.69 Å². The van der Waals surface area contributed by atoms with Crippen LogP contribution in [0.2, 0.25) is 0 Å². The van der Waals surface area contributed by atoms with Crippen molar-refractivity contribution in [2.45, 2.75) is 39.5 Å². The molecule has 3 heteroatoms. The molecule has 0 aromatic heterocycles. The molecule has 1 rings (SSSR count). The van der Waals surface area contributed by atoms with E-state index in [1.165, 1.54) is 5.56 Å². The van der Waals surface area contributed by atoms with Gasteiger partial charge < -0.3 is 11.1 Å². The van der Waals surface area contributed by atoms with E-state index in [4.69, 9.17) is 5.73 Å². The predicted molar refractivity (Wildman–Crippen MR) is 76.5 cm³/mol. The van der Waals surface area contributed by atoms with Crippen molar-refractivity contribution in [2.75, 3.05) is 11.9 Å². The summed E-state index contributed by atoms with van der Waals surface area (Å²) in [5.41, 5.74) is 7.62. The van der Waals surface area contributed by atoms with Gasteiger partial charge in [-0.3, -0.25) is 4.79 Å². The topological polar surface area (TPSA) is 55.1 Å². The highest BCUT2D eigenvalue weighted by atomic mass is 16.1. The van der Waals surface area contributed by atoms with Crippen LogP contribution in [0.25, 0.3) is 0 Å². The normalized spacial score (nSPS) is 10.7. The second-order valence-electron chi connectivity index (χ2n) is 4.60. The Kier molecular flexibility index (Phi) is 6.44. The number of nitrogens with one attached hydrogen (secondary N) is 1. The summed E-state index contributed by atoms with van der Waals surface area (Å²) in [6.07, 6.45) is 3.71. The van der Waals surface area contributed by atoms with Crippen molar-refractivity contribution in [1.82, 2.24) is 0 Å². The molecule has 18 heavy (non-hydrogen) atoms. The van der Waals surface area contributed by atoms with Gasteiger partial charge >= 0.3 is 0 Å². The van der Waals surface area contributed by atoms with E-state index in [0.717, 1.165) is 31.4 Å². The minimum Gasteiger partial charge on any atom is -0.330 e. The second kappa shape index (κ2) is 7.88. The molecule has 0 unspecified atom stereocenters. The fourth-order valence-corrected chi connectivity index (χ4v) is 2.01. The van der Waals surface area contributed by atoms with Crippen LogP contribution >= 0.6 is 0 Å². The molecular formula is C15H24N2O. The third kappa shape index (κ3) is 4.49. The fraction of sp³-hybridized carbons (Fsp3) is 0.533. The summed E-state index contributed by atoms with van der Waals surface area (Å²) < 4.78 is 0. The van der Waals surface area contributed by atoms with E-state index in [1.54, 1.807) is 0 Å². The van der Waals surface area contributed by atoms with Crippen LogP contribution in [-0.4, -0.2) is 12.5 Å². The van der Waals surface area contributed by atoms with Crippen LogP contribution in [0.5, 0.6) is 0 Å². The Labute approximate surface area is 110 Å². The summed E-state index contributed by atoms with van der Waals surface area (Å²) in [7, 11) is 0. The molecule has 0 spiro atoms. The highest BCUT2D eigenvalue weighted by molar-refractivity contribution is 5.92. The lowest BCUT2D eigenvalue weighted by atomic mass is 10.0. The minimum absolute atomic E-state index is 0.109. The van der Waals surface area contributed by atoms with Crippen LogP contribution in [-0.2, 0) is 11.2 Å². The highest BCUT2D eigenvalue weighted by Crippen LogP contribution is 2.15. The maximum Gasteiger partial charge on any atom is 0.227 e. The number of carbonyl (C=O) groups is 1. The van der Waals surface area contributed by atoms with Crippen LogP contribution in [0.1, 0.15) is 38.7 Å². The van der Waals surface area contributed by atoms with Gasteiger partial charge in [-0.05, 0) is 49.9 Å². The molecule has 0 aliphatic carbocycles. The summed E-state index contributed by atoms with van der Waals surface area (Å²) in [5.74, 6) is 0.230. The van der Waals surface area contributed by atoms with Crippen LogP contribution < -0.4 is 11.1 Å². The van der Waals surface area contributed by atoms with E-state index in [9.17, 15) is 4.79 Å². The van der Waals surface area contributed by atoms with Gasteiger partial charge in [0, 0.05) is 11.6 Å². The Morgan fingerprint density at radius 2 is 2.06 bits per heavy atom. The third-order valence-electron chi connectivity index (χ3n) is 3.22. The van der Waals surface area contributed by atoms with E-state index < -0.39 is 0 Å². The number of hydrogen-bond donors (Lipinski definition) is 2. The molecule has 3 N–H and O–H groups in total. The van der Waals surface area contributed by atoms with E-state index in [1.807, 2.05) is 32.0 Å². The van der Waals surface area contributed by atoms with Gasteiger partial charge in [-0.1, -0.05) is 26.0 Å². The molecule has 0 bridgehead atoms. The summed E-state index contributed by atoms with van der Waals surface area (Å²) in [4.78, 5) is 12.0. The summed E-state index contributed by atoms with van der Waals surface area (Å²) >= 11 is 0. The molecule has 1 aromatic rings. The predicted octanol–water partition coefficient (Wildman–Crippen LogP) is 2.95. The first kappa shape index (κ1) is 14.7. The number of carbonyl (C=O) groups excluding carboxylic acids is 1. The van der Waals surface area contributed by atoms with Gasteiger partial charge in [0.2, 0.25) is 5.91 Å². The smallest absolute Gasteiger partial charge is 0.227 e. The number of hydrogen-bond acceptors (Lipinski definition) is 2. The Hall–Kier alpha value is -1.35. The van der Waals surface area contributed by atoms with E-state index in [-0.39, 0.29) is 11.8 Å². The minimum atomic E-state index is 0.109. The van der Waals surface area contributed by atoms with Gasteiger partial charge in [-0.2, -0.15) is 0 Å². The maximum absolute atomic E-state index is 12.0. The Bertz CT molecular complexity index is 373. The molecule has 1 amide bonds. The van der Waals surface area contributed by atoms with Gasteiger partial charge in [0.1, 0.15) is 0 Å². The van der Waals surface area contributed by atoms with E-state index in [0.29, 0.717) is 6.54 Å². The Morgan fingerprint density at radius 3 is 2.67 bits per heavy atom. The fourth-order valence-electron chi connectivity index (χ4n) is 2.01. The summed E-state index contributed by atoms with van der Waals surface area (Å²) in [5, 5.41) is 2.99. The summed E-state index contributed by atoms with van der Waals surface area (Å²) in [6, 6.07) is 8.03. The molecule has 0 atom stereocenters. The average Bonchev–Trinajstić information content (AvgIpc) is 2.38. The van der Waals surface area contributed by atoms with Crippen molar-refractivity contribution in [2.24, 2.45) is 11.7 Å². The number of nitrogens with two attached hydrogens (primary N) is 1. The Balaban J connectivity index is 2.63. The van der Waals surface area contributed by atoms with Crippen LogP contribution in [0, 0.1) is 5.92 Å². The zero-order valence-corrected chi connectivity index (χ0v) is 11.4. The monoisotopic (exact) mass is 248 g/mol. The molecule has 0 fully saturated rings. The van der Waals surface area contributed by atoms with Gasteiger partial charge in [0.05, 0.1) is 0 Å². The Morgan fingerprint density at radius 1 is 1.33 bits per heavy atom. The second-order valence-corrected chi connectivity index (χ2v) is 4.60. The number of amides is 1. The first-order chi connectivity index (χ1) is 8.71. The van der Waals surface area contributed by atoms with Crippen molar-refractivity contribution >= 4 is 11.6 Å². The quantitative estimate of drug-likeness (QED) is 0.779. The van der Waals surface area contributed by atoms with Gasteiger partial charge in [-0.25, -0.2) is 0 Å². The number of benzene rings is 1. The SMILES string of the molecule is CCC(CC)C(=O)Nc1cccc(CCCN)c1. The van der Waals surface area contributed by atoms with Crippen molar-refractivity contribution in [3.8, 4) is 0 Å². The lowest BCUT2D eigenvalue weighted by molar-refractivity contribution is -0.120. The van der Waals surface area contributed by atoms with Gasteiger partial charge in [0.25, 0.3) is 0 Å². The first-order valence-electron chi connectivity index (χ1n) is 6.81. The number of rotatable bonds is 7. The standard InChI is InChI=1S/C15H24N2O/c1-3-13(4-2)15(18)17-14-9-5-7-12(11-14)8-6-10-16/h5,7,9,11,13H,3-4,6,8,10,16H2,1-2H3,(H,17,18). The van der Waals surface area contributed by atoms with Crippen LogP contribution in [0.15, 0.2) is 24.3 Å². The molecule has 0 aliphatic rings. The zero-order valence-electron chi connectivity index (χ0n) is 11.4. The van der Waals surface area contributed by atoms with Crippen molar-refractivity contribution in [1.29, 1.82) is 0 Å². The van der Waals surface area contributed by atoms with E-state index >= 15 is 0 Å². The highest BCUT2D eigenvalue weighted by Gasteiger charge is 2.13. The van der Waals surface area contributed by atoms with E-state index in [2.05, 4.69) is 11.4 Å². The molecule has 100 valence electrons. The van der Waals surface area contributed by atoms with Gasteiger partial charge in [0.15, 0.2) is 0 Å². The van der Waals surface area contributed by atoms with Gasteiger partial charge in [-0.15, -0.1) is 0 Å². The molecule has 1 aromatic carbocycles. The van der Waals surface area contributed by atoms with Crippen molar-refractivity contribution < 1.29 is 4.79 Å². The zero-order chi connectivity index (χ0) is 13.4. The molecule has 0 aliphatic heterocycles. The van der Waals surface area contributed by atoms with Crippen LogP contribution in [0.3, 0.4) is 0 Å². The molecular weight excluding hydrogens is 224 g/mol. The molecule has 0 radical (unpaired) electrons. The van der Waals surface area contributed by atoms with Crippen molar-refractivity contribution in [3.63, 3.8) is 0 Å². The number of anilines is 1. The largest absolute Gasteiger partial charge is 0.330 e. The van der Waals surface area contributed by atoms with Crippen molar-refractivity contribution in [3.05, 3.63) is 29.8 Å².